The molecule has 0 spiro atoms. The summed E-state index contributed by atoms with van der Waals surface area (Å²) in [6.45, 7) is 1.96. The lowest BCUT2D eigenvalue weighted by Gasteiger charge is -1.99. The first kappa shape index (κ1) is 11.4. The summed E-state index contributed by atoms with van der Waals surface area (Å²) in [5.41, 5.74) is 0.717. The fourth-order valence-electron chi connectivity index (χ4n) is 1.25. The van der Waals surface area contributed by atoms with E-state index >= 15 is 0 Å². The third-order valence-electron chi connectivity index (χ3n) is 1.86. The summed E-state index contributed by atoms with van der Waals surface area (Å²) in [6, 6.07) is 1.62. The van der Waals surface area contributed by atoms with Crippen molar-refractivity contribution in [2.45, 2.75) is 13.5 Å². The predicted octanol–water partition coefficient (Wildman–Crippen LogP) is 0.986. The monoisotopic (exact) mass is 254 g/mol. The van der Waals surface area contributed by atoms with E-state index in [1.807, 2.05) is 0 Å². The van der Waals surface area contributed by atoms with Gasteiger partial charge in [-0.25, -0.2) is 9.97 Å². The average molecular weight is 255 g/mol. The minimum absolute atomic E-state index is 0.183. The molecule has 88 valence electrons. The predicted molar refractivity (Wildman–Crippen MR) is 57.6 cm³/mol. The molecule has 8 nitrogen and oxygen atoms in total. The van der Waals surface area contributed by atoms with Gasteiger partial charge >= 0.3 is 5.95 Å². The van der Waals surface area contributed by atoms with Crippen molar-refractivity contribution in [3.63, 3.8) is 0 Å². The number of aromatic nitrogens is 5. The molecule has 0 saturated heterocycles. The summed E-state index contributed by atoms with van der Waals surface area (Å²) in [7, 11) is 0. The molecule has 0 aliphatic heterocycles. The van der Waals surface area contributed by atoms with Gasteiger partial charge in [0.05, 0.1) is 0 Å². The van der Waals surface area contributed by atoms with Gasteiger partial charge in [-0.2, -0.15) is 4.68 Å². The fraction of sp³-hybridized carbons (Fsp3) is 0.250. The zero-order valence-electron chi connectivity index (χ0n) is 8.74. The van der Waals surface area contributed by atoms with Gasteiger partial charge in [0.1, 0.15) is 11.7 Å². The van der Waals surface area contributed by atoms with E-state index in [4.69, 9.17) is 11.6 Å². The molecule has 2 rings (SSSR count). The first-order valence-corrected chi connectivity index (χ1v) is 4.96. The lowest BCUT2D eigenvalue weighted by molar-refractivity contribution is -0.394. The molecule has 0 aliphatic rings. The van der Waals surface area contributed by atoms with Crippen molar-refractivity contribution in [1.29, 1.82) is 0 Å². The van der Waals surface area contributed by atoms with Gasteiger partial charge in [0, 0.05) is 10.8 Å². The maximum Gasteiger partial charge on any atom is 0.490 e. The summed E-state index contributed by atoms with van der Waals surface area (Å²) >= 11 is 5.77. The van der Waals surface area contributed by atoms with Crippen LogP contribution >= 0.6 is 11.6 Å². The first-order chi connectivity index (χ1) is 8.04. The highest BCUT2D eigenvalue weighted by Crippen LogP contribution is 2.08. The molecule has 2 aromatic rings. The first-order valence-electron chi connectivity index (χ1n) is 4.58. The van der Waals surface area contributed by atoms with Gasteiger partial charge in [-0.1, -0.05) is 16.6 Å². The molecule has 0 saturated carbocycles. The van der Waals surface area contributed by atoms with Crippen LogP contribution in [-0.2, 0) is 6.54 Å². The van der Waals surface area contributed by atoms with Gasteiger partial charge < -0.3 is 10.1 Å². The van der Waals surface area contributed by atoms with Crippen molar-refractivity contribution < 1.29 is 4.92 Å². The van der Waals surface area contributed by atoms with Crippen molar-refractivity contribution in [1.82, 2.24) is 24.7 Å². The highest BCUT2D eigenvalue weighted by atomic mass is 35.5. The molecule has 0 aliphatic carbocycles. The number of nitro groups is 1. The van der Waals surface area contributed by atoms with Crippen molar-refractivity contribution in [2.75, 3.05) is 0 Å². The molecule has 9 heteroatoms. The molecular formula is C8H7ClN6O2. The molecule has 0 bridgehead atoms. The van der Waals surface area contributed by atoms with Crippen LogP contribution in [0.4, 0.5) is 5.95 Å². The second-order valence-electron chi connectivity index (χ2n) is 3.25. The Morgan fingerprint density at radius 2 is 2.29 bits per heavy atom. The summed E-state index contributed by atoms with van der Waals surface area (Å²) in [6.07, 6.45) is 1.25. The fourth-order valence-corrected chi connectivity index (χ4v) is 1.50. The zero-order valence-corrected chi connectivity index (χ0v) is 9.50. The number of rotatable bonds is 3. The minimum atomic E-state index is -0.666. The lowest BCUT2D eigenvalue weighted by Crippen LogP contribution is -2.06. The van der Waals surface area contributed by atoms with E-state index in [1.165, 1.54) is 11.0 Å². The van der Waals surface area contributed by atoms with Gasteiger partial charge in [0.2, 0.25) is 6.33 Å². The Bertz CT molecular complexity index is 549. The van der Waals surface area contributed by atoms with Gasteiger partial charge in [0.15, 0.2) is 5.82 Å². The van der Waals surface area contributed by atoms with E-state index in [0.717, 1.165) is 5.69 Å². The molecule has 17 heavy (non-hydrogen) atoms. The lowest BCUT2D eigenvalue weighted by atomic mass is 10.4. The Balaban J connectivity index is 2.22. The van der Waals surface area contributed by atoms with E-state index < -0.39 is 10.9 Å². The second-order valence-corrected chi connectivity index (χ2v) is 3.63. The molecule has 2 aromatic heterocycles. The Hall–Kier alpha value is -2.09. The largest absolute Gasteiger partial charge is 0.490 e. The van der Waals surface area contributed by atoms with E-state index in [1.54, 1.807) is 13.0 Å². The van der Waals surface area contributed by atoms with Gasteiger partial charge in [0.25, 0.3) is 0 Å². The Labute approximate surface area is 100 Å². The van der Waals surface area contributed by atoms with E-state index in [9.17, 15) is 10.1 Å². The van der Waals surface area contributed by atoms with Crippen molar-refractivity contribution in [3.05, 3.63) is 39.2 Å². The summed E-state index contributed by atoms with van der Waals surface area (Å²) in [4.78, 5) is 21.4. The SMILES string of the molecule is Cc1cc(Cl)nc(Cn2cnc([N+](=O)[O-])n2)n1. The zero-order chi connectivity index (χ0) is 12.4. The van der Waals surface area contributed by atoms with Crippen LogP contribution in [0, 0.1) is 17.0 Å². The number of hydrogen-bond donors (Lipinski definition) is 0. The molecular weight excluding hydrogens is 248 g/mol. The van der Waals surface area contributed by atoms with Crippen LogP contribution in [-0.4, -0.2) is 29.7 Å². The summed E-state index contributed by atoms with van der Waals surface area (Å²) in [5.74, 6) is -0.0291. The van der Waals surface area contributed by atoms with Crippen molar-refractivity contribution in [2.24, 2.45) is 0 Å². The second kappa shape index (κ2) is 4.42. The quantitative estimate of drug-likeness (QED) is 0.460. The standard InChI is InChI=1S/C8H7ClN6O2/c1-5-2-6(9)12-7(11-5)3-14-4-10-8(13-14)15(16)17/h2,4H,3H2,1H3. The Kier molecular flexibility index (Phi) is 2.96. The van der Waals surface area contributed by atoms with E-state index in [-0.39, 0.29) is 6.54 Å². The van der Waals surface area contributed by atoms with Crippen LogP contribution in [0.1, 0.15) is 11.5 Å². The van der Waals surface area contributed by atoms with Gasteiger partial charge in [-0.05, 0) is 17.9 Å². The third-order valence-corrected chi connectivity index (χ3v) is 2.05. The maximum atomic E-state index is 10.4. The van der Waals surface area contributed by atoms with Crippen LogP contribution in [0.2, 0.25) is 5.15 Å². The van der Waals surface area contributed by atoms with Crippen molar-refractivity contribution in [3.8, 4) is 0 Å². The molecule has 0 radical (unpaired) electrons. The molecule has 2 heterocycles. The number of hydrogen-bond acceptors (Lipinski definition) is 6. The number of halogens is 1. The number of nitrogens with zero attached hydrogens (tertiary/aromatic N) is 6. The Morgan fingerprint density at radius 1 is 1.53 bits per heavy atom. The van der Waals surface area contributed by atoms with E-state index in [2.05, 4.69) is 20.1 Å². The molecule has 0 amide bonds. The highest BCUT2D eigenvalue weighted by molar-refractivity contribution is 6.29. The molecule has 0 unspecified atom stereocenters. The maximum absolute atomic E-state index is 10.4. The molecule has 0 fully saturated rings. The molecule has 0 atom stereocenters. The minimum Gasteiger partial charge on any atom is -0.390 e. The van der Waals surface area contributed by atoms with Crippen molar-refractivity contribution >= 4 is 17.5 Å². The average Bonchev–Trinajstić information content (AvgIpc) is 2.64. The van der Waals surface area contributed by atoms with Gasteiger partial charge in [-0.3, -0.25) is 0 Å². The Morgan fingerprint density at radius 3 is 2.88 bits per heavy atom. The van der Waals surface area contributed by atoms with Crippen LogP contribution in [0.15, 0.2) is 12.4 Å². The summed E-state index contributed by atoms with van der Waals surface area (Å²) in [5, 5.41) is 14.4. The molecule has 0 aromatic carbocycles. The van der Waals surface area contributed by atoms with Crippen LogP contribution < -0.4 is 0 Å². The number of aryl methyl sites for hydroxylation is 1. The smallest absolute Gasteiger partial charge is 0.390 e. The molecule has 0 N–H and O–H groups in total. The van der Waals surface area contributed by atoms with Crippen LogP contribution in [0.5, 0.6) is 0 Å². The topological polar surface area (TPSA) is 99.6 Å². The highest BCUT2D eigenvalue weighted by Gasteiger charge is 2.14. The van der Waals surface area contributed by atoms with E-state index in [0.29, 0.717) is 11.0 Å². The normalized spacial score (nSPS) is 10.5. The van der Waals surface area contributed by atoms with Crippen LogP contribution in [0.25, 0.3) is 0 Å². The van der Waals surface area contributed by atoms with Gasteiger partial charge in [-0.15, -0.1) is 0 Å². The summed E-state index contributed by atoms with van der Waals surface area (Å²) < 4.78 is 1.28. The third kappa shape index (κ3) is 2.72. The van der Waals surface area contributed by atoms with Crippen LogP contribution in [0.3, 0.4) is 0 Å².